The molecule has 0 heterocycles. The van der Waals surface area contributed by atoms with Crippen LogP contribution < -0.4 is 5.73 Å². The van der Waals surface area contributed by atoms with Crippen molar-refractivity contribution in [2.75, 3.05) is 11.5 Å². The van der Waals surface area contributed by atoms with E-state index in [4.69, 9.17) is 5.73 Å². The van der Waals surface area contributed by atoms with E-state index in [9.17, 15) is 0 Å². The average Bonchev–Trinajstić information content (AvgIpc) is 2.10. The zero-order chi connectivity index (χ0) is 10.6. The summed E-state index contributed by atoms with van der Waals surface area (Å²) < 4.78 is 1.10. The molecule has 1 aromatic carbocycles. The molecule has 2 N–H and O–H groups in total. The van der Waals surface area contributed by atoms with Gasteiger partial charge in [-0.3, -0.25) is 0 Å². The maximum Gasteiger partial charge on any atom is 0.0453 e. The van der Waals surface area contributed by atoms with Gasteiger partial charge < -0.3 is 5.73 Å². The monoisotopic (exact) mass is 273 g/mol. The number of rotatable bonds is 4. The Morgan fingerprint density at radius 3 is 2.79 bits per heavy atom. The summed E-state index contributed by atoms with van der Waals surface area (Å²) in [7, 11) is 0. The van der Waals surface area contributed by atoms with E-state index in [1.54, 1.807) is 0 Å². The summed E-state index contributed by atoms with van der Waals surface area (Å²) in [4.78, 5) is 1.18. The number of hydrogen-bond acceptors (Lipinski definition) is 2. The van der Waals surface area contributed by atoms with Crippen LogP contribution in [0.3, 0.4) is 0 Å². The van der Waals surface area contributed by atoms with E-state index in [1.165, 1.54) is 11.3 Å². The van der Waals surface area contributed by atoms with Crippen molar-refractivity contribution in [2.45, 2.75) is 25.2 Å². The molecule has 0 spiro atoms. The fourth-order valence-electron chi connectivity index (χ4n) is 1.04. The third-order valence-corrected chi connectivity index (χ3v) is 3.53. The van der Waals surface area contributed by atoms with E-state index in [0.29, 0.717) is 0 Å². The summed E-state index contributed by atoms with van der Waals surface area (Å²) in [6.07, 6.45) is 1.23. The predicted molar refractivity (Wildman–Crippen MR) is 68.7 cm³/mol. The van der Waals surface area contributed by atoms with Gasteiger partial charge in [-0.25, -0.2) is 0 Å². The minimum Gasteiger partial charge on any atom is -0.398 e. The zero-order valence-electron chi connectivity index (χ0n) is 8.59. The van der Waals surface area contributed by atoms with Gasteiger partial charge in [0.15, 0.2) is 0 Å². The summed E-state index contributed by atoms with van der Waals surface area (Å²) in [5.74, 6) is 1.90. The Morgan fingerprint density at radius 1 is 1.43 bits per heavy atom. The number of hydrogen-bond donors (Lipinski definition) is 1. The molecule has 78 valence electrons. The van der Waals surface area contributed by atoms with E-state index < -0.39 is 0 Å². The Morgan fingerprint density at radius 2 is 2.14 bits per heavy atom. The Bertz CT molecular complexity index is 299. The summed E-state index contributed by atoms with van der Waals surface area (Å²) in [6, 6.07) is 6.00. The number of nitrogen functional groups attached to an aromatic ring is 1. The van der Waals surface area contributed by atoms with Gasteiger partial charge in [-0.15, -0.1) is 11.8 Å². The fraction of sp³-hybridized carbons (Fsp3) is 0.455. The first-order valence-electron chi connectivity index (χ1n) is 4.77. The largest absolute Gasteiger partial charge is 0.398 e. The van der Waals surface area contributed by atoms with Crippen molar-refractivity contribution in [3.63, 3.8) is 0 Å². The molecule has 1 rings (SSSR count). The number of nitrogens with two attached hydrogens (primary N) is 1. The molecule has 0 saturated heterocycles. The predicted octanol–water partition coefficient (Wildman–Crippen LogP) is 4.17. The topological polar surface area (TPSA) is 26.0 Å². The maximum absolute atomic E-state index is 5.86. The molecule has 0 saturated carbocycles. The van der Waals surface area contributed by atoms with Gasteiger partial charge in [0.25, 0.3) is 0 Å². The lowest BCUT2D eigenvalue weighted by Gasteiger charge is -2.07. The molecule has 1 aromatic rings. The second-order valence-electron chi connectivity index (χ2n) is 3.71. The Hall–Kier alpha value is -0.150. The lowest BCUT2D eigenvalue weighted by molar-refractivity contribution is 0.632. The smallest absolute Gasteiger partial charge is 0.0453 e. The molecule has 14 heavy (non-hydrogen) atoms. The second kappa shape index (κ2) is 5.66. The van der Waals surface area contributed by atoms with Gasteiger partial charge in [0.2, 0.25) is 0 Å². The normalized spacial score (nSPS) is 10.9. The molecule has 0 amide bonds. The molecule has 0 radical (unpaired) electrons. The Balaban J connectivity index is 2.53. The van der Waals surface area contributed by atoms with Crippen molar-refractivity contribution < 1.29 is 0 Å². The average molecular weight is 274 g/mol. The molecule has 0 aliphatic rings. The highest BCUT2D eigenvalue weighted by molar-refractivity contribution is 9.10. The third kappa shape index (κ3) is 3.93. The molecule has 0 aliphatic carbocycles. The Labute approximate surface area is 98.6 Å². The molecule has 0 atom stereocenters. The molecule has 3 heteroatoms. The highest BCUT2D eigenvalue weighted by Crippen LogP contribution is 2.29. The first-order valence-corrected chi connectivity index (χ1v) is 6.55. The van der Waals surface area contributed by atoms with Crippen LogP contribution in [0.5, 0.6) is 0 Å². The van der Waals surface area contributed by atoms with E-state index in [2.05, 4.69) is 35.8 Å². The van der Waals surface area contributed by atoms with Crippen LogP contribution in [0.2, 0.25) is 0 Å². The number of anilines is 1. The Kier molecular flexibility index (Phi) is 4.82. The van der Waals surface area contributed by atoms with Gasteiger partial charge in [-0.1, -0.05) is 29.8 Å². The van der Waals surface area contributed by atoms with Gasteiger partial charge in [0.1, 0.15) is 0 Å². The van der Waals surface area contributed by atoms with E-state index in [1.807, 2.05) is 23.9 Å². The third-order valence-electron chi connectivity index (χ3n) is 1.93. The lowest BCUT2D eigenvalue weighted by Crippen LogP contribution is -1.92. The van der Waals surface area contributed by atoms with E-state index in [0.717, 1.165) is 21.8 Å². The molecule has 0 bridgehead atoms. The molecule has 0 aliphatic heterocycles. The van der Waals surface area contributed by atoms with Crippen LogP contribution in [0.1, 0.15) is 20.3 Å². The number of halogens is 1. The van der Waals surface area contributed by atoms with Crippen molar-refractivity contribution in [1.82, 2.24) is 0 Å². The second-order valence-corrected chi connectivity index (χ2v) is 5.77. The zero-order valence-corrected chi connectivity index (χ0v) is 11.0. The van der Waals surface area contributed by atoms with Crippen LogP contribution in [0.25, 0.3) is 0 Å². The van der Waals surface area contributed by atoms with E-state index in [-0.39, 0.29) is 0 Å². The van der Waals surface area contributed by atoms with Crippen molar-refractivity contribution in [3.05, 3.63) is 22.7 Å². The van der Waals surface area contributed by atoms with Crippen molar-refractivity contribution in [2.24, 2.45) is 5.92 Å². The SMILES string of the molecule is CC(C)CCSc1cc(Br)ccc1N. The maximum atomic E-state index is 5.86. The van der Waals surface area contributed by atoms with Gasteiger partial charge in [-0.2, -0.15) is 0 Å². The highest BCUT2D eigenvalue weighted by atomic mass is 79.9. The summed E-state index contributed by atoms with van der Waals surface area (Å²) >= 11 is 5.28. The summed E-state index contributed by atoms with van der Waals surface area (Å²) in [6.45, 7) is 4.48. The van der Waals surface area contributed by atoms with Crippen LogP contribution in [-0.2, 0) is 0 Å². The molecule has 0 fully saturated rings. The van der Waals surface area contributed by atoms with Crippen molar-refractivity contribution >= 4 is 33.4 Å². The summed E-state index contributed by atoms with van der Waals surface area (Å²) in [5.41, 5.74) is 6.74. The van der Waals surface area contributed by atoms with Crippen LogP contribution >= 0.6 is 27.7 Å². The minimum absolute atomic E-state index is 0.760. The fourth-order valence-corrected chi connectivity index (χ4v) is 2.80. The molecule has 0 unspecified atom stereocenters. The van der Waals surface area contributed by atoms with Gasteiger partial charge in [-0.05, 0) is 36.3 Å². The number of thioether (sulfide) groups is 1. The first-order chi connectivity index (χ1) is 6.59. The highest BCUT2D eigenvalue weighted by Gasteiger charge is 2.01. The number of benzene rings is 1. The van der Waals surface area contributed by atoms with Crippen molar-refractivity contribution in [1.29, 1.82) is 0 Å². The first kappa shape index (κ1) is 11.9. The van der Waals surface area contributed by atoms with Gasteiger partial charge >= 0.3 is 0 Å². The standard InChI is InChI=1S/C11H16BrNS/c1-8(2)5-6-14-11-7-9(12)3-4-10(11)13/h3-4,7-8H,5-6,13H2,1-2H3. The minimum atomic E-state index is 0.760. The van der Waals surface area contributed by atoms with Gasteiger partial charge in [0.05, 0.1) is 0 Å². The van der Waals surface area contributed by atoms with Crippen LogP contribution in [-0.4, -0.2) is 5.75 Å². The quantitative estimate of drug-likeness (QED) is 0.658. The lowest BCUT2D eigenvalue weighted by atomic mass is 10.2. The van der Waals surface area contributed by atoms with Crippen LogP contribution in [0, 0.1) is 5.92 Å². The van der Waals surface area contributed by atoms with Gasteiger partial charge in [0, 0.05) is 15.1 Å². The van der Waals surface area contributed by atoms with Crippen molar-refractivity contribution in [3.8, 4) is 0 Å². The summed E-state index contributed by atoms with van der Waals surface area (Å²) in [5, 5.41) is 0. The molecule has 1 nitrogen and oxygen atoms in total. The molecular weight excluding hydrogens is 258 g/mol. The van der Waals surface area contributed by atoms with E-state index >= 15 is 0 Å². The van der Waals surface area contributed by atoms with Crippen LogP contribution in [0.15, 0.2) is 27.6 Å². The molecular formula is C11H16BrNS. The molecule has 0 aromatic heterocycles. The van der Waals surface area contributed by atoms with Crippen LogP contribution in [0.4, 0.5) is 5.69 Å².